The average molecular weight is 327 g/mol. The normalized spacial score (nSPS) is 22.4. The molecular formula is C15H23ClN4O2. The summed E-state index contributed by atoms with van der Waals surface area (Å²) in [5.74, 6) is 0.520. The van der Waals surface area contributed by atoms with Gasteiger partial charge in [-0.2, -0.15) is 0 Å². The Bertz CT molecular complexity index is 585. The highest BCUT2D eigenvalue weighted by molar-refractivity contribution is 6.30. The van der Waals surface area contributed by atoms with E-state index < -0.39 is 5.72 Å². The lowest BCUT2D eigenvalue weighted by molar-refractivity contribution is -0.0269. The van der Waals surface area contributed by atoms with Crippen LogP contribution >= 0.6 is 11.6 Å². The minimum absolute atomic E-state index is 0.0759. The van der Waals surface area contributed by atoms with Crippen LogP contribution in [0.5, 0.6) is 0 Å². The molecule has 1 aromatic rings. The quantitative estimate of drug-likeness (QED) is 0.927. The Morgan fingerprint density at radius 2 is 2.05 bits per heavy atom. The maximum atomic E-state index is 12.3. The molecule has 2 rings (SSSR count). The van der Waals surface area contributed by atoms with Crippen LogP contribution in [0.15, 0.2) is 6.07 Å². The number of urea groups is 1. The van der Waals surface area contributed by atoms with Crippen LogP contribution in [-0.2, 0) is 10.2 Å². The Labute approximate surface area is 136 Å². The van der Waals surface area contributed by atoms with E-state index in [2.05, 4.69) is 15.5 Å². The summed E-state index contributed by atoms with van der Waals surface area (Å²) in [5.41, 5.74) is -0.145. The van der Waals surface area contributed by atoms with Gasteiger partial charge in [-0.1, -0.05) is 46.2 Å². The maximum absolute atomic E-state index is 12.3. The van der Waals surface area contributed by atoms with Crippen molar-refractivity contribution in [1.82, 2.24) is 15.5 Å². The number of halogens is 1. The Morgan fingerprint density at radius 3 is 2.55 bits per heavy atom. The number of hydrogen-bond acceptors (Lipinski definition) is 4. The third kappa shape index (κ3) is 2.65. The highest BCUT2D eigenvalue weighted by atomic mass is 35.5. The third-order valence-electron chi connectivity index (χ3n) is 4.10. The molecule has 1 unspecified atom stereocenters. The van der Waals surface area contributed by atoms with Crippen LogP contribution in [0.1, 0.15) is 40.2 Å². The highest BCUT2D eigenvalue weighted by Gasteiger charge is 2.50. The van der Waals surface area contributed by atoms with Crippen molar-refractivity contribution in [3.05, 3.63) is 16.8 Å². The molecule has 122 valence electrons. The first-order chi connectivity index (χ1) is 10.1. The van der Waals surface area contributed by atoms with E-state index in [-0.39, 0.29) is 17.4 Å². The molecule has 0 radical (unpaired) electrons. The van der Waals surface area contributed by atoms with Gasteiger partial charge in [0.2, 0.25) is 0 Å². The second-order valence-electron chi connectivity index (χ2n) is 6.85. The van der Waals surface area contributed by atoms with E-state index in [1.54, 1.807) is 7.11 Å². The molecular weight excluding hydrogens is 304 g/mol. The van der Waals surface area contributed by atoms with Gasteiger partial charge in [-0.3, -0.25) is 0 Å². The van der Waals surface area contributed by atoms with Gasteiger partial charge < -0.3 is 10.1 Å². The molecule has 2 heterocycles. The van der Waals surface area contributed by atoms with Gasteiger partial charge >= 0.3 is 6.03 Å². The molecule has 1 aliphatic rings. The molecule has 0 spiro atoms. The van der Waals surface area contributed by atoms with E-state index in [0.29, 0.717) is 17.5 Å². The van der Waals surface area contributed by atoms with Crippen LogP contribution in [-0.4, -0.2) is 35.6 Å². The molecule has 0 bridgehead atoms. The first-order valence-corrected chi connectivity index (χ1v) is 7.68. The summed E-state index contributed by atoms with van der Waals surface area (Å²) in [7, 11) is 1.60. The fraction of sp³-hybridized carbons (Fsp3) is 0.667. The van der Waals surface area contributed by atoms with Gasteiger partial charge in [-0.25, -0.2) is 9.69 Å². The van der Waals surface area contributed by atoms with Crippen molar-refractivity contribution in [2.75, 3.05) is 18.6 Å². The number of anilines is 1. The van der Waals surface area contributed by atoms with Crippen LogP contribution in [0.3, 0.4) is 0 Å². The molecule has 7 heteroatoms. The van der Waals surface area contributed by atoms with Gasteiger partial charge in [0.1, 0.15) is 0 Å². The monoisotopic (exact) mass is 326 g/mol. The highest BCUT2D eigenvalue weighted by Crippen LogP contribution is 2.36. The molecule has 1 aromatic heterocycles. The van der Waals surface area contributed by atoms with Gasteiger partial charge in [-0.05, 0) is 11.5 Å². The zero-order chi connectivity index (χ0) is 16.7. The number of carbonyl (C=O) groups excluding carboxylic acids is 1. The lowest BCUT2D eigenvalue weighted by Crippen LogP contribution is -2.53. The minimum atomic E-state index is -0.783. The van der Waals surface area contributed by atoms with Crippen molar-refractivity contribution in [1.29, 1.82) is 0 Å². The Balaban J connectivity index is 2.56. The van der Waals surface area contributed by atoms with Gasteiger partial charge in [0.05, 0.1) is 6.54 Å². The standard InChI is InChI=1S/C15H23ClN4O2/c1-9(2)15(22-6)8-17-13(21)20(15)11-7-10(14(3,4)5)12(16)19-18-11/h7,9H,8H2,1-6H3,(H,17,21). The minimum Gasteiger partial charge on any atom is -0.356 e. The fourth-order valence-electron chi connectivity index (χ4n) is 2.69. The summed E-state index contributed by atoms with van der Waals surface area (Å²) in [6, 6.07) is 1.57. The molecule has 1 saturated heterocycles. The lowest BCUT2D eigenvalue weighted by atomic mass is 9.88. The lowest BCUT2D eigenvalue weighted by Gasteiger charge is -2.38. The molecule has 0 aliphatic carbocycles. The molecule has 2 amide bonds. The molecule has 1 aliphatic heterocycles. The number of aromatic nitrogens is 2. The summed E-state index contributed by atoms with van der Waals surface area (Å²) in [6.45, 7) is 10.5. The number of ether oxygens (including phenoxy) is 1. The fourth-order valence-corrected chi connectivity index (χ4v) is 3.07. The number of rotatable bonds is 3. The molecule has 1 N–H and O–H groups in total. The number of amides is 2. The smallest absolute Gasteiger partial charge is 0.325 e. The topological polar surface area (TPSA) is 67.3 Å². The van der Waals surface area contributed by atoms with Crippen molar-refractivity contribution in [3.63, 3.8) is 0 Å². The zero-order valence-corrected chi connectivity index (χ0v) is 14.7. The van der Waals surface area contributed by atoms with Gasteiger partial charge in [-0.15, -0.1) is 10.2 Å². The molecule has 0 aromatic carbocycles. The van der Waals surface area contributed by atoms with Crippen LogP contribution in [0, 0.1) is 5.92 Å². The van der Waals surface area contributed by atoms with E-state index in [4.69, 9.17) is 16.3 Å². The van der Waals surface area contributed by atoms with E-state index in [0.717, 1.165) is 5.56 Å². The second-order valence-corrected chi connectivity index (χ2v) is 7.21. The summed E-state index contributed by atoms with van der Waals surface area (Å²) < 4.78 is 5.70. The van der Waals surface area contributed by atoms with Crippen LogP contribution in [0.25, 0.3) is 0 Å². The third-order valence-corrected chi connectivity index (χ3v) is 4.38. The zero-order valence-electron chi connectivity index (χ0n) is 13.9. The van der Waals surface area contributed by atoms with Crippen LogP contribution < -0.4 is 10.2 Å². The molecule has 0 saturated carbocycles. The summed E-state index contributed by atoms with van der Waals surface area (Å²) in [4.78, 5) is 13.9. The average Bonchev–Trinajstić information content (AvgIpc) is 2.76. The van der Waals surface area contributed by atoms with Crippen molar-refractivity contribution < 1.29 is 9.53 Å². The molecule has 22 heavy (non-hydrogen) atoms. The SMILES string of the molecule is COC1(C(C)C)CNC(=O)N1c1cc(C(C)(C)C)c(Cl)nn1. The van der Waals surface area contributed by atoms with Gasteiger partial charge in [0.25, 0.3) is 0 Å². The maximum Gasteiger partial charge on any atom is 0.325 e. The Morgan fingerprint density at radius 1 is 1.41 bits per heavy atom. The van der Waals surface area contributed by atoms with Crippen molar-refractivity contribution >= 4 is 23.4 Å². The molecule has 6 nitrogen and oxygen atoms in total. The largest absolute Gasteiger partial charge is 0.356 e. The number of hydrogen-bond donors (Lipinski definition) is 1. The summed E-state index contributed by atoms with van der Waals surface area (Å²) in [6.07, 6.45) is 0. The van der Waals surface area contributed by atoms with Crippen molar-refractivity contribution in [3.8, 4) is 0 Å². The predicted molar refractivity (Wildman–Crippen MR) is 86.2 cm³/mol. The predicted octanol–water partition coefficient (Wildman–Crippen LogP) is 2.96. The van der Waals surface area contributed by atoms with E-state index >= 15 is 0 Å². The summed E-state index contributed by atoms with van der Waals surface area (Å²) >= 11 is 6.17. The number of methoxy groups -OCH3 is 1. The number of nitrogens with one attached hydrogen (secondary N) is 1. The first kappa shape index (κ1) is 17.0. The van der Waals surface area contributed by atoms with Crippen LogP contribution in [0.2, 0.25) is 5.15 Å². The van der Waals surface area contributed by atoms with E-state index in [1.165, 1.54) is 4.90 Å². The Hall–Kier alpha value is -1.40. The van der Waals surface area contributed by atoms with Crippen molar-refractivity contribution in [2.24, 2.45) is 5.92 Å². The van der Waals surface area contributed by atoms with E-state index in [9.17, 15) is 4.79 Å². The first-order valence-electron chi connectivity index (χ1n) is 7.30. The van der Waals surface area contributed by atoms with Crippen LogP contribution in [0.4, 0.5) is 10.6 Å². The Kier molecular flexibility index (Phi) is 4.37. The molecule has 1 fully saturated rings. The number of carbonyl (C=O) groups is 1. The van der Waals surface area contributed by atoms with Gasteiger partial charge in [0, 0.05) is 18.6 Å². The number of nitrogens with zero attached hydrogens (tertiary/aromatic N) is 3. The second kappa shape index (κ2) is 5.66. The summed E-state index contributed by atoms with van der Waals surface area (Å²) in [5, 5.41) is 11.3. The van der Waals surface area contributed by atoms with Crippen molar-refractivity contribution in [2.45, 2.75) is 45.8 Å². The molecule has 1 atom stereocenters. The van der Waals surface area contributed by atoms with Gasteiger partial charge in [0.15, 0.2) is 16.7 Å². The van der Waals surface area contributed by atoms with E-state index in [1.807, 2.05) is 40.7 Å².